The summed E-state index contributed by atoms with van der Waals surface area (Å²) in [7, 11) is 0. The van der Waals surface area contributed by atoms with E-state index in [0.29, 0.717) is 9.72 Å². The molecular weight excluding hydrogens is 349 g/mol. The highest BCUT2D eigenvalue weighted by molar-refractivity contribution is 7.17. The third-order valence-electron chi connectivity index (χ3n) is 2.89. The zero-order valence-corrected chi connectivity index (χ0v) is 13.1. The van der Waals surface area contributed by atoms with Crippen molar-refractivity contribution in [3.8, 4) is 5.75 Å². The number of aromatic hydroxyl groups is 1. The maximum atomic E-state index is 12.2. The summed E-state index contributed by atoms with van der Waals surface area (Å²) in [4.78, 5) is 24.1. The molecule has 0 fully saturated rings. The van der Waals surface area contributed by atoms with Crippen molar-refractivity contribution in [2.75, 3.05) is 5.32 Å². The van der Waals surface area contributed by atoms with Crippen molar-refractivity contribution in [2.45, 2.75) is 0 Å². The van der Waals surface area contributed by atoms with E-state index < -0.39 is 22.8 Å². The smallest absolute Gasteiger partial charge is 0.353 e. The Morgan fingerprint density at radius 2 is 2.05 bits per heavy atom. The zero-order valence-electron chi connectivity index (χ0n) is 10.7. The Balaban J connectivity index is 2.03. The van der Waals surface area contributed by atoms with Crippen molar-refractivity contribution in [3.05, 3.63) is 55.7 Å². The van der Waals surface area contributed by atoms with Crippen LogP contribution in [0.25, 0.3) is 10.3 Å². The first-order valence-corrected chi connectivity index (χ1v) is 7.60. The Bertz CT molecular complexity index is 948. The lowest BCUT2D eigenvalue weighted by Gasteiger charge is -2.08. The molecule has 0 saturated carbocycles. The molecule has 0 atom stereocenters. The Labute approximate surface area is 137 Å². The predicted molar refractivity (Wildman–Crippen MR) is 86.4 cm³/mol. The second-order valence-electron chi connectivity index (χ2n) is 4.31. The van der Waals surface area contributed by atoms with E-state index in [2.05, 4.69) is 5.32 Å². The number of amides is 1. The quantitative estimate of drug-likeness (QED) is 0.724. The van der Waals surface area contributed by atoms with Gasteiger partial charge in [0.05, 0.1) is 10.7 Å². The first-order valence-electron chi connectivity index (χ1n) is 5.97. The van der Waals surface area contributed by atoms with Crippen LogP contribution in [0.5, 0.6) is 5.75 Å². The van der Waals surface area contributed by atoms with E-state index in [1.807, 2.05) is 0 Å². The van der Waals surface area contributed by atoms with Crippen LogP contribution in [0.4, 0.5) is 5.69 Å². The summed E-state index contributed by atoms with van der Waals surface area (Å²) < 4.78 is 5.33. The largest absolute Gasteiger partial charge is 0.505 e. The Morgan fingerprint density at radius 1 is 1.27 bits per heavy atom. The van der Waals surface area contributed by atoms with Gasteiger partial charge in [-0.2, -0.15) is 0 Å². The van der Waals surface area contributed by atoms with E-state index in [1.54, 1.807) is 11.4 Å². The monoisotopic (exact) mass is 355 g/mol. The number of carbonyl (C=O) groups is 1. The molecule has 112 valence electrons. The standard InChI is InChI=1S/C14H7Cl2NO4S/c15-6-1-2-8(7(16)5-6)17-13(19)10-11(18)12-9(3-4-22-12)21-14(10)20/h1-5,18H,(H,17,19). The minimum Gasteiger partial charge on any atom is -0.505 e. The minimum atomic E-state index is -0.925. The second kappa shape index (κ2) is 5.64. The predicted octanol–water partition coefficient (Wildman–Crippen LogP) is 4.12. The summed E-state index contributed by atoms with van der Waals surface area (Å²) in [6, 6.07) is 6.02. The number of halogens is 2. The van der Waals surface area contributed by atoms with Gasteiger partial charge in [0.1, 0.15) is 4.70 Å². The van der Waals surface area contributed by atoms with E-state index in [1.165, 1.54) is 18.2 Å². The number of hydrogen-bond acceptors (Lipinski definition) is 5. The number of rotatable bonds is 2. The molecule has 0 aliphatic rings. The molecule has 8 heteroatoms. The number of anilines is 1. The van der Waals surface area contributed by atoms with Gasteiger partial charge in [-0.3, -0.25) is 4.79 Å². The summed E-state index contributed by atoms with van der Waals surface area (Å²) in [6.07, 6.45) is 0. The van der Waals surface area contributed by atoms with E-state index in [0.717, 1.165) is 11.3 Å². The number of thiophene rings is 1. The number of fused-ring (bicyclic) bond motifs is 1. The van der Waals surface area contributed by atoms with Crippen LogP contribution in [0.15, 0.2) is 38.9 Å². The lowest BCUT2D eigenvalue weighted by atomic mass is 10.2. The van der Waals surface area contributed by atoms with E-state index >= 15 is 0 Å². The topological polar surface area (TPSA) is 79.5 Å². The van der Waals surface area contributed by atoms with Crippen molar-refractivity contribution in [3.63, 3.8) is 0 Å². The van der Waals surface area contributed by atoms with Gasteiger partial charge in [-0.25, -0.2) is 4.79 Å². The van der Waals surface area contributed by atoms with Gasteiger partial charge < -0.3 is 14.8 Å². The summed E-state index contributed by atoms with van der Waals surface area (Å²) >= 11 is 12.9. The molecule has 1 amide bonds. The van der Waals surface area contributed by atoms with Gasteiger partial charge in [-0.1, -0.05) is 23.2 Å². The summed E-state index contributed by atoms with van der Waals surface area (Å²) in [6.45, 7) is 0. The third-order valence-corrected chi connectivity index (χ3v) is 4.34. The Hall–Kier alpha value is -2.02. The molecule has 2 N–H and O–H groups in total. The average Bonchev–Trinajstić information content (AvgIpc) is 2.90. The molecule has 2 heterocycles. The molecule has 22 heavy (non-hydrogen) atoms. The normalized spacial score (nSPS) is 10.8. The first-order chi connectivity index (χ1) is 10.5. The van der Waals surface area contributed by atoms with E-state index in [-0.39, 0.29) is 16.3 Å². The van der Waals surface area contributed by atoms with Gasteiger partial charge in [0.25, 0.3) is 5.91 Å². The maximum absolute atomic E-state index is 12.2. The molecule has 1 aromatic carbocycles. The van der Waals surface area contributed by atoms with Gasteiger partial charge >= 0.3 is 5.63 Å². The third kappa shape index (κ3) is 2.56. The van der Waals surface area contributed by atoms with Crippen LogP contribution in [0.1, 0.15) is 10.4 Å². The fourth-order valence-electron chi connectivity index (χ4n) is 1.89. The highest BCUT2D eigenvalue weighted by Crippen LogP contribution is 2.32. The molecule has 5 nitrogen and oxygen atoms in total. The molecule has 3 aromatic rings. The van der Waals surface area contributed by atoms with Crippen LogP contribution in [0, 0.1) is 0 Å². The Morgan fingerprint density at radius 3 is 2.77 bits per heavy atom. The Kier molecular flexibility index (Phi) is 3.82. The number of carbonyl (C=O) groups excluding carboxylic acids is 1. The SMILES string of the molecule is O=C(Nc1ccc(Cl)cc1Cl)c1c(O)c2sccc2oc1=O. The van der Waals surface area contributed by atoms with Crippen LogP contribution in [-0.4, -0.2) is 11.0 Å². The van der Waals surface area contributed by atoms with E-state index in [9.17, 15) is 14.7 Å². The molecule has 0 radical (unpaired) electrons. The highest BCUT2D eigenvalue weighted by Gasteiger charge is 2.22. The minimum absolute atomic E-state index is 0.210. The molecule has 2 aromatic heterocycles. The molecule has 0 saturated heterocycles. The van der Waals surface area contributed by atoms with Crippen LogP contribution in [0.3, 0.4) is 0 Å². The molecule has 0 aliphatic carbocycles. The highest BCUT2D eigenvalue weighted by atomic mass is 35.5. The van der Waals surface area contributed by atoms with Crippen molar-refractivity contribution >= 4 is 56.4 Å². The molecule has 0 spiro atoms. The van der Waals surface area contributed by atoms with Crippen LogP contribution in [-0.2, 0) is 0 Å². The van der Waals surface area contributed by atoms with Gasteiger partial charge in [0, 0.05) is 5.02 Å². The van der Waals surface area contributed by atoms with Crippen LogP contribution < -0.4 is 10.9 Å². The molecule has 0 bridgehead atoms. The lowest BCUT2D eigenvalue weighted by Crippen LogP contribution is -2.21. The van der Waals surface area contributed by atoms with Gasteiger partial charge in [0.2, 0.25) is 0 Å². The molecular formula is C14H7Cl2NO4S. The van der Waals surface area contributed by atoms with Gasteiger partial charge in [-0.15, -0.1) is 11.3 Å². The number of benzene rings is 1. The number of hydrogen-bond donors (Lipinski definition) is 2. The number of nitrogens with one attached hydrogen (secondary N) is 1. The fraction of sp³-hybridized carbons (Fsp3) is 0. The molecule has 0 aliphatic heterocycles. The van der Waals surface area contributed by atoms with Gasteiger partial charge in [0.15, 0.2) is 16.9 Å². The molecule has 3 rings (SSSR count). The average molecular weight is 356 g/mol. The second-order valence-corrected chi connectivity index (χ2v) is 6.07. The van der Waals surface area contributed by atoms with Crippen molar-refractivity contribution in [2.24, 2.45) is 0 Å². The van der Waals surface area contributed by atoms with Crippen LogP contribution in [0.2, 0.25) is 10.0 Å². The van der Waals surface area contributed by atoms with E-state index in [4.69, 9.17) is 27.6 Å². The summed E-state index contributed by atoms with van der Waals surface area (Å²) in [5.41, 5.74) is -0.901. The summed E-state index contributed by atoms with van der Waals surface area (Å²) in [5.74, 6) is -1.23. The van der Waals surface area contributed by atoms with Crippen molar-refractivity contribution in [1.82, 2.24) is 0 Å². The zero-order chi connectivity index (χ0) is 15.9. The maximum Gasteiger partial charge on any atom is 0.353 e. The summed E-state index contributed by atoms with van der Waals surface area (Å²) in [5, 5.41) is 14.8. The lowest BCUT2D eigenvalue weighted by molar-refractivity contribution is 0.102. The molecule has 0 unspecified atom stereocenters. The van der Waals surface area contributed by atoms with Gasteiger partial charge in [-0.05, 0) is 29.6 Å². The van der Waals surface area contributed by atoms with Crippen LogP contribution >= 0.6 is 34.5 Å². The van der Waals surface area contributed by atoms with Crippen molar-refractivity contribution in [1.29, 1.82) is 0 Å². The fourth-order valence-corrected chi connectivity index (χ4v) is 3.11. The van der Waals surface area contributed by atoms with Crippen molar-refractivity contribution < 1.29 is 14.3 Å². The first kappa shape index (κ1) is 14.9.